The molecular formula is C16H19N3O3S. The van der Waals surface area contributed by atoms with Gasteiger partial charge in [-0.25, -0.2) is 4.98 Å². The number of anilines is 1. The number of amides is 1. The van der Waals surface area contributed by atoms with E-state index in [0.717, 1.165) is 36.6 Å². The van der Waals surface area contributed by atoms with Crippen LogP contribution in [0.5, 0.6) is 5.75 Å². The van der Waals surface area contributed by atoms with Crippen LogP contribution in [0.25, 0.3) is 11.3 Å². The first-order valence-corrected chi connectivity index (χ1v) is 8.39. The van der Waals surface area contributed by atoms with Crippen LogP contribution in [0.2, 0.25) is 0 Å². The molecule has 0 aliphatic carbocycles. The van der Waals surface area contributed by atoms with Crippen LogP contribution in [-0.2, 0) is 9.53 Å². The third kappa shape index (κ3) is 4.28. The van der Waals surface area contributed by atoms with Crippen molar-refractivity contribution in [1.82, 2.24) is 4.98 Å². The summed E-state index contributed by atoms with van der Waals surface area (Å²) >= 11 is 1.37. The maximum absolute atomic E-state index is 11.3. The van der Waals surface area contributed by atoms with Crippen molar-refractivity contribution in [2.45, 2.75) is 6.42 Å². The van der Waals surface area contributed by atoms with Crippen molar-refractivity contribution in [2.75, 3.05) is 31.7 Å². The van der Waals surface area contributed by atoms with Crippen LogP contribution >= 0.6 is 11.3 Å². The lowest BCUT2D eigenvalue weighted by atomic mass is 10.1. The molecular weight excluding hydrogens is 314 g/mol. The Balaban J connectivity index is 1.65. The van der Waals surface area contributed by atoms with Crippen molar-refractivity contribution in [2.24, 2.45) is 11.7 Å². The monoisotopic (exact) mass is 333 g/mol. The largest absolute Gasteiger partial charge is 0.493 e. The quantitative estimate of drug-likeness (QED) is 0.845. The SMILES string of the molecule is NCC(=O)Nc1nc(-c2cccc(OCC3CCOC3)c2)cs1. The number of thiazole rings is 1. The first-order valence-electron chi connectivity index (χ1n) is 7.51. The first kappa shape index (κ1) is 15.9. The molecule has 1 aromatic heterocycles. The van der Waals surface area contributed by atoms with E-state index in [1.165, 1.54) is 11.3 Å². The van der Waals surface area contributed by atoms with Crippen molar-refractivity contribution in [3.63, 3.8) is 0 Å². The number of hydrogen-bond acceptors (Lipinski definition) is 6. The number of carbonyl (C=O) groups is 1. The highest BCUT2D eigenvalue weighted by Gasteiger charge is 2.16. The summed E-state index contributed by atoms with van der Waals surface area (Å²) in [5.74, 6) is 1.03. The highest BCUT2D eigenvalue weighted by Crippen LogP contribution is 2.28. The molecule has 1 aliphatic heterocycles. The number of benzene rings is 1. The lowest BCUT2D eigenvalue weighted by molar-refractivity contribution is -0.114. The van der Waals surface area contributed by atoms with E-state index >= 15 is 0 Å². The van der Waals surface area contributed by atoms with Crippen molar-refractivity contribution in [3.8, 4) is 17.0 Å². The molecule has 2 aromatic rings. The van der Waals surface area contributed by atoms with Crippen molar-refractivity contribution in [3.05, 3.63) is 29.6 Å². The summed E-state index contributed by atoms with van der Waals surface area (Å²) in [6, 6.07) is 7.80. The Morgan fingerprint density at radius 2 is 2.43 bits per heavy atom. The summed E-state index contributed by atoms with van der Waals surface area (Å²) in [4.78, 5) is 15.7. The van der Waals surface area contributed by atoms with Crippen LogP contribution < -0.4 is 15.8 Å². The van der Waals surface area contributed by atoms with Crippen LogP contribution in [0, 0.1) is 5.92 Å². The molecule has 1 aromatic carbocycles. The third-order valence-corrected chi connectivity index (χ3v) is 4.33. The smallest absolute Gasteiger partial charge is 0.239 e. The van der Waals surface area contributed by atoms with Crippen molar-refractivity contribution < 1.29 is 14.3 Å². The number of hydrogen-bond donors (Lipinski definition) is 2. The van der Waals surface area contributed by atoms with Crippen LogP contribution in [-0.4, -0.2) is 37.3 Å². The molecule has 3 rings (SSSR count). The van der Waals surface area contributed by atoms with Crippen molar-refractivity contribution in [1.29, 1.82) is 0 Å². The third-order valence-electron chi connectivity index (χ3n) is 3.58. The van der Waals surface area contributed by atoms with Gasteiger partial charge in [-0.15, -0.1) is 11.3 Å². The average Bonchev–Trinajstić information content (AvgIpc) is 3.25. The van der Waals surface area contributed by atoms with Gasteiger partial charge in [0.1, 0.15) is 5.75 Å². The summed E-state index contributed by atoms with van der Waals surface area (Å²) < 4.78 is 11.2. The number of aromatic nitrogens is 1. The average molecular weight is 333 g/mol. The predicted octanol–water partition coefficient (Wildman–Crippen LogP) is 2.12. The van der Waals surface area contributed by atoms with Crippen LogP contribution in [0.3, 0.4) is 0 Å². The fourth-order valence-corrected chi connectivity index (χ4v) is 3.04. The lowest BCUT2D eigenvalue weighted by Gasteiger charge is -2.10. The summed E-state index contributed by atoms with van der Waals surface area (Å²) in [6.45, 7) is 2.21. The predicted molar refractivity (Wildman–Crippen MR) is 89.7 cm³/mol. The molecule has 0 radical (unpaired) electrons. The molecule has 2 heterocycles. The molecule has 7 heteroatoms. The Morgan fingerprint density at radius 3 is 3.22 bits per heavy atom. The van der Waals surface area contributed by atoms with E-state index < -0.39 is 0 Å². The number of carbonyl (C=O) groups excluding carboxylic acids is 1. The Kier molecular flexibility index (Phi) is 5.22. The van der Waals surface area contributed by atoms with E-state index in [-0.39, 0.29) is 12.5 Å². The minimum absolute atomic E-state index is 0.0525. The second kappa shape index (κ2) is 7.54. The molecule has 1 atom stereocenters. The standard InChI is InChI=1S/C16H19N3O3S/c17-7-15(20)19-16-18-14(10-23-16)12-2-1-3-13(6-12)22-9-11-4-5-21-8-11/h1-3,6,10-11H,4-5,7-9,17H2,(H,18,19,20). The highest BCUT2D eigenvalue weighted by atomic mass is 32.1. The summed E-state index contributed by atoms with van der Waals surface area (Å²) in [7, 11) is 0. The number of nitrogens with zero attached hydrogens (tertiary/aromatic N) is 1. The highest BCUT2D eigenvalue weighted by molar-refractivity contribution is 7.14. The summed E-state index contributed by atoms with van der Waals surface area (Å²) in [5.41, 5.74) is 7.04. The molecule has 0 spiro atoms. The molecule has 1 saturated heterocycles. The van der Waals surface area contributed by atoms with Gasteiger partial charge in [0.25, 0.3) is 0 Å². The maximum Gasteiger partial charge on any atom is 0.239 e. The van der Waals surface area contributed by atoms with Crippen LogP contribution in [0.15, 0.2) is 29.6 Å². The van der Waals surface area contributed by atoms with Crippen molar-refractivity contribution >= 4 is 22.4 Å². The topological polar surface area (TPSA) is 86.5 Å². The van der Waals surface area contributed by atoms with E-state index in [1.807, 2.05) is 29.6 Å². The van der Waals surface area contributed by atoms with Gasteiger partial charge < -0.3 is 20.5 Å². The van der Waals surface area contributed by atoms with E-state index in [2.05, 4.69) is 10.3 Å². The second-order valence-electron chi connectivity index (χ2n) is 5.36. The molecule has 1 fully saturated rings. The zero-order chi connectivity index (χ0) is 16.1. The van der Waals surface area contributed by atoms with E-state index in [1.54, 1.807) is 0 Å². The number of nitrogens with two attached hydrogens (primary N) is 1. The number of rotatable bonds is 6. The zero-order valence-corrected chi connectivity index (χ0v) is 13.5. The lowest BCUT2D eigenvalue weighted by Crippen LogP contribution is -2.21. The van der Waals surface area contributed by atoms with Gasteiger partial charge in [-0.1, -0.05) is 12.1 Å². The normalized spacial score (nSPS) is 17.2. The van der Waals surface area contributed by atoms with Gasteiger partial charge in [0.15, 0.2) is 5.13 Å². The van der Waals surface area contributed by atoms with E-state index in [4.69, 9.17) is 15.2 Å². The Morgan fingerprint density at radius 1 is 1.52 bits per heavy atom. The molecule has 1 unspecified atom stereocenters. The fraction of sp³-hybridized carbons (Fsp3) is 0.375. The Bertz CT molecular complexity index is 668. The van der Waals surface area contributed by atoms with Gasteiger partial charge >= 0.3 is 0 Å². The molecule has 1 aliphatic rings. The van der Waals surface area contributed by atoms with E-state index in [9.17, 15) is 4.79 Å². The van der Waals surface area contributed by atoms with Gasteiger partial charge in [0.2, 0.25) is 5.91 Å². The van der Waals surface area contributed by atoms with Gasteiger partial charge in [-0.2, -0.15) is 0 Å². The molecule has 3 N–H and O–H groups in total. The van der Waals surface area contributed by atoms with Gasteiger partial charge in [-0.3, -0.25) is 4.79 Å². The molecule has 23 heavy (non-hydrogen) atoms. The molecule has 6 nitrogen and oxygen atoms in total. The number of ether oxygens (including phenoxy) is 2. The zero-order valence-electron chi connectivity index (χ0n) is 12.7. The van der Waals surface area contributed by atoms with Gasteiger partial charge in [-0.05, 0) is 18.6 Å². The fourth-order valence-electron chi connectivity index (χ4n) is 2.31. The van der Waals surface area contributed by atoms with Crippen LogP contribution in [0.1, 0.15) is 6.42 Å². The summed E-state index contributed by atoms with van der Waals surface area (Å²) in [6.07, 6.45) is 1.05. The second-order valence-corrected chi connectivity index (χ2v) is 6.22. The van der Waals surface area contributed by atoms with Crippen LogP contribution in [0.4, 0.5) is 5.13 Å². The summed E-state index contributed by atoms with van der Waals surface area (Å²) in [5, 5.41) is 5.10. The number of nitrogens with one attached hydrogen (secondary N) is 1. The molecule has 122 valence electrons. The van der Waals surface area contributed by atoms with E-state index in [0.29, 0.717) is 17.7 Å². The van der Waals surface area contributed by atoms with Gasteiger partial charge in [0.05, 0.1) is 25.5 Å². The minimum atomic E-state index is -0.248. The Labute approximate surface area is 138 Å². The van der Waals surface area contributed by atoms with Gasteiger partial charge in [0, 0.05) is 23.5 Å². The molecule has 0 bridgehead atoms. The maximum atomic E-state index is 11.3. The Hall–Kier alpha value is -1.96. The minimum Gasteiger partial charge on any atom is -0.493 e. The molecule has 1 amide bonds. The molecule has 0 saturated carbocycles. The first-order chi connectivity index (χ1) is 11.2.